The highest BCUT2D eigenvalue weighted by Gasteiger charge is 2.45. The fraction of sp³-hybridized carbons (Fsp3) is 0.550. The van der Waals surface area contributed by atoms with Gasteiger partial charge in [-0.15, -0.1) is 0 Å². The van der Waals surface area contributed by atoms with Crippen molar-refractivity contribution in [3.63, 3.8) is 0 Å². The Bertz CT molecular complexity index is 825. The maximum absolute atomic E-state index is 12.6. The molecule has 2 saturated heterocycles. The third kappa shape index (κ3) is 5.87. The smallest absolute Gasteiger partial charge is 0.406 e. The van der Waals surface area contributed by atoms with Crippen molar-refractivity contribution >= 4 is 23.5 Å². The van der Waals surface area contributed by atoms with E-state index in [4.69, 9.17) is 4.74 Å². The van der Waals surface area contributed by atoms with Crippen molar-refractivity contribution in [3.05, 3.63) is 24.3 Å². The third-order valence-electron chi connectivity index (χ3n) is 5.25. The van der Waals surface area contributed by atoms with Gasteiger partial charge >= 0.3 is 12.2 Å². The summed E-state index contributed by atoms with van der Waals surface area (Å²) in [6.45, 7) is 1.53. The molecule has 0 radical (unpaired) electrons. The summed E-state index contributed by atoms with van der Waals surface area (Å²) >= 11 is 0. The van der Waals surface area contributed by atoms with E-state index in [9.17, 15) is 27.6 Å². The van der Waals surface area contributed by atoms with Gasteiger partial charge in [0.05, 0.1) is 18.8 Å². The van der Waals surface area contributed by atoms with Gasteiger partial charge in [-0.2, -0.15) is 13.2 Å². The quantitative estimate of drug-likeness (QED) is 0.656. The number of halogens is 3. The number of urea groups is 1. The molecule has 2 aliphatic rings. The van der Waals surface area contributed by atoms with Gasteiger partial charge in [0.1, 0.15) is 18.8 Å². The first-order valence-corrected chi connectivity index (χ1v) is 10.1. The zero-order valence-electron chi connectivity index (χ0n) is 17.2. The minimum Gasteiger partial charge on any atom is -0.492 e. The number of hydrogen-bond acceptors (Lipinski definition) is 5. The number of nitrogens with one attached hydrogen (secondary N) is 1. The lowest BCUT2D eigenvalue weighted by atomic mass is 10.0. The van der Waals surface area contributed by atoms with Crippen LogP contribution in [-0.4, -0.2) is 84.1 Å². The summed E-state index contributed by atoms with van der Waals surface area (Å²) < 4.78 is 43.3. The lowest BCUT2D eigenvalue weighted by Crippen LogP contribution is -2.48. The lowest BCUT2D eigenvalue weighted by Gasteiger charge is -2.35. The number of rotatable bonds is 7. The number of nitrogens with zero attached hydrogens (tertiary/aromatic N) is 3. The average Bonchev–Trinajstić information content (AvgIpc) is 2.97. The molecule has 4 amide bonds. The Labute approximate surface area is 177 Å². The number of benzene rings is 1. The predicted octanol–water partition coefficient (Wildman–Crippen LogP) is 2.31. The molecule has 0 aromatic heterocycles. The summed E-state index contributed by atoms with van der Waals surface area (Å²) in [6.07, 6.45) is -3.68. The van der Waals surface area contributed by atoms with Crippen molar-refractivity contribution < 1.29 is 32.3 Å². The SMILES string of the molecule is CCOc1ccccc1NC(=O)CN1CCC(N2CC(=O)N(CC(F)(F)F)C2=O)CC1. The van der Waals surface area contributed by atoms with Gasteiger partial charge in [-0.25, -0.2) is 4.79 Å². The first kappa shape index (κ1) is 22.9. The molecule has 11 heteroatoms. The molecule has 2 heterocycles. The molecule has 0 aliphatic carbocycles. The van der Waals surface area contributed by atoms with Crippen LogP contribution < -0.4 is 10.1 Å². The summed E-state index contributed by atoms with van der Waals surface area (Å²) in [7, 11) is 0. The number of imide groups is 1. The van der Waals surface area contributed by atoms with Gasteiger partial charge in [0.2, 0.25) is 5.91 Å². The Morgan fingerprint density at radius 1 is 1.19 bits per heavy atom. The molecule has 0 atom stereocenters. The highest BCUT2D eigenvalue weighted by atomic mass is 19.4. The molecule has 2 fully saturated rings. The van der Waals surface area contributed by atoms with Crippen molar-refractivity contribution in [2.45, 2.75) is 32.0 Å². The molecule has 170 valence electrons. The molecule has 0 saturated carbocycles. The largest absolute Gasteiger partial charge is 0.492 e. The maximum Gasteiger partial charge on any atom is 0.406 e. The summed E-state index contributed by atoms with van der Waals surface area (Å²) in [6, 6.07) is 5.89. The fourth-order valence-corrected chi connectivity index (χ4v) is 3.81. The van der Waals surface area contributed by atoms with Gasteiger partial charge in [0, 0.05) is 19.1 Å². The summed E-state index contributed by atoms with van der Waals surface area (Å²) in [5.41, 5.74) is 0.579. The Morgan fingerprint density at radius 3 is 2.52 bits per heavy atom. The van der Waals surface area contributed by atoms with Crippen LogP contribution in [0.4, 0.5) is 23.7 Å². The number of carbonyl (C=O) groups excluding carboxylic acids is 3. The van der Waals surface area contributed by atoms with E-state index in [1.54, 1.807) is 18.2 Å². The number of anilines is 1. The average molecular weight is 442 g/mol. The molecule has 8 nitrogen and oxygen atoms in total. The normalized spacial score (nSPS) is 18.6. The molecule has 0 bridgehead atoms. The highest BCUT2D eigenvalue weighted by Crippen LogP contribution is 2.26. The topological polar surface area (TPSA) is 82.2 Å². The van der Waals surface area contributed by atoms with E-state index in [1.807, 2.05) is 17.9 Å². The number of ether oxygens (including phenoxy) is 1. The Balaban J connectivity index is 1.49. The van der Waals surface area contributed by atoms with Crippen LogP contribution in [0.1, 0.15) is 19.8 Å². The van der Waals surface area contributed by atoms with E-state index in [0.29, 0.717) is 44.0 Å². The lowest BCUT2D eigenvalue weighted by molar-refractivity contribution is -0.151. The molecule has 3 rings (SSSR count). The number of carbonyl (C=O) groups is 3. The number of amides is 4. The predicted molar refractivity (Wildman–Crippen MR) is 106 cm³/mol. The zero-order chi connectivity index (χ0) is 22.6. The van der Waals surface area contributed by atoms with E-state index in [1.165, 1.54) is 4.90 Å². The van der Waals surface area contributed by atoms with Crippen LogP contribution in [0.5, 0.6) is 5.75 Å². The molecule has 1 aromatic rings. The summed E-state index contributed by atoms with van der Waals surface area (Å²) in [5.74, 6) is -0.468. The Kier molecular flexibility index (Phi) is 7.04. The highest BCUT2D eigenvalue weighted by molar-refractivity contribution is 6.02. The van der Waals surface area contributed by atoms with Crippen molar-refractivity contribution in [2.24, 2.45) is 0 Å². The van der Waals surface area contributed by atoms with E-state index >= 15 is 0 Å². The first-order chi connectivity index (χ1) is 14.7. The van der Waals surface area contributed by atoms with Gasteiger partial charge in [0.25, 0.3) is 5.91 Å². The third-order valence-corrected chi connectivity index (χ3v) is 5.25. The Hall–Kier alpha value is -2.82. The molecule has 1 aromatic carbocycles. The molecule has 31 heavy (non-hydrogen) atoms. The zero-order valence-corrected chi connectivity index (χ0v) is 17.2. The second-order valence-electron chi connectivity index (χ2n) is 7.49. The second-order valence-corrected chi connectivity index (χ2v) is 7.49. The van der Waals surface area contributed by atoms with Crippen molar-refractivity contribution in [3.8, 4) is 5.75 Å². The number of para-hydroxylation sites is 2. The van der Waals surface area contributed by atoms with Gasteiger partial charge in [0.15, 0.2) is 0 Å². The van der Waals surface area contributed by atoms with Crippen molar-refractivity contribution in [1.29, 1.82) is 0 Å². The standard InChI is InChI=1S/C20H25F3N4O4/c1-2-31-16-6-4-3-5-15(16)24-17(28)11-25-9-7-14(8-10-25)26-12-18(29)27(19(26)30)13-20(21,22)23/h3-6,14H,2,7-13H2,1H3,(H,24,28). The first-order valence-electron chi connectivity index (χ1n) is 10.1. The Morgan fingerprint density at radius 2 is 1.87 bits per heavy atom. The van der Waals surface area contributed by atoms with Gasteiger partial charge in [-0.3, -0.25) is 19.4 Å². The van der Waals surface area contributed by atoms with Crippen molar-refractivity contribution in [2.75, 3.05) is 44.6 Å². The van der Waals surface area contributed by atoms with Crippen LogP contribution in [0.15, 0.2) is 24.3 Å². The number of hydrogen-bond donors (Lipinski definition) is 1. The van der Waals surface area contributed by atoms with Gasteiger partial charge < -0.3 is 15.0 Å². The van der Waals surface area contributed by atoms with E-state index in [-0.39, 0.29) is 29.9 Å². The summed E-state index contributed by atoms with van der Waals surface area (Å²) in [4.78, 5) is 39.9. The van der Waals surface area contributed by atoms with E-state index in [2.05, 4.69) is 5.32 Å². The number of alkyl halides is 3. The van der Waals surface area contributed by atoms with Crippen LogP contribution in [0.3, 0.4) is 0 Å². The maximum atomic E-state index is 12.6. The van der Waals surface area contributed by atoms with Crippen LogP contribution in [-0.2, 0) is 9.59 Å². The second kappa shape index (κ2) is 9.54. The minimum atomic E-state index is -4.63. The van der Waals surface area contributed by atoms with Crippen molar-refractivity contribution in [1.82, 2.24) is 14.7 Å². The molecule has 2 aliphatic heterocycles. The number of piperidine rings is 1. The van der Waals surface area contributed by atoms with Crippen LogP contribution in [0, 0.1) is 0 Å². The number of likely N-dealkylation sites (tertiary alicyclic amines) is 1. The minimum absolute atomic E-state index is 0.139. The molecule has 0 spiro atoms. The summed E-state index contributed by atoms with van der Waals surface area (Å²) in [5, 5.41) is 2.82. The van der Waals surface area contributed by atoms with E-state index in [0.717, 1.165) is 0 Å². The van der Waals surface area contributed by atoms with Crippen LogP contribution in [0.25, 0.3) is 0 Å². The molecular weight excluding hydrogens is 417 g/mol. The van der Waals surface area contributed by atoms with Crippen LogP contribution in [0.2, 0.25) is 0 Å². The van der Waals surface area contributed by atoms with E-state index < -0.39 is 24.7 Å². The molecule has 1 N–H and O–H groups in total. The van der Waals surface area contributed by atoms with Gasteiger partial charge in [-0.05, 0) is 31.9 Å². The fourth-order valence-electron chi connectivity index (χ4n) is 3.81. The molecule has 0 unspecified atom stereocenters. The van der Waals surface area contributed by atoms with Crippen LogP contribution >= 0.6 is 0 Å². The molecular formula is C20H25F3N4O4. The van der Waals surface area contributed by atoms with Gasteiger partial charge in [-0.1, -0.05) is 12.1 Å². The monoisotopic (exact) mass is 442 g/mol.